The molecule has 1 aliphatic heterocycles. The first-order chi connectivity index (χ1) is 13.1. The summed E-state index contributed by atoms with van der Waals surface area (Å²) in [6, 6.07) is 0. The van der Waals surface area contributed by atoms with Crippen molar-refractivity contribution in [3.63, 3.8) is 0 Å². The third kappa shape index (κ3) is 4.88. The van der Waals surface area contributed by atoms with Gasteiger partial charge in [-0.25, -0.2) is 4.79 Å². The molecule has 0 saturated carbocycles. The van der Waals surface area contributed by atoms with Gasteiger partial charge in [0.1, 0.15) is 12.2 Å². The first kappa shape index (κ1) is 23.9. The van der Waals surface area contributed by atoms with Gasteiger partial charge in [0, 0.05) is 18.2 Å². The molecule has 1 aromatic heterocycles. The van der Waals surface area contributed by atoms with Gasteiger partial charge < -0.3 is 29.5 Å². The summed E-state index contributed by atoms with van der Waals surface area (Å²) in [6.45, 7) is 6.98. The van der Waals surface area contributed by atoms with E-state index in [0.717, 1.165) is 18.4 Å². The Bertz CT molecular complexity index is 905. The summed E-state index contributed by atoms with van der Waals surface area (Å²) in [5, 5.41) is 28.7. The van der Waals surface area contributed by atoms with Crippen molar-refractivity contribution in [2.75, 3.05) is 0 Å². The van der Waals surface area contributed by atoms with E-state index in [9.17, 15) is 34.4 Å². The molecule has 0 aliphatic carbocycles. The summed E-state index contributed by atoms with van der Waals surface area (Å²) in [7, 11) is -4.44. The Hall–Kier alpha value is -1.33. The molecule has 29 heavy (non-hydrogen) atoms. The molecule has 1 saturated heterocycles. The lowest BCUT2D eigenvalue weighted by Crippen LogP contribution is -2.40. The molecule has 5 N–H and O–H groups in total. The maximum atomic E-state index is 12.4. The molecule has 0 aromatic carbocycles. The third-order valence-corrected chi connectivity index (χ3v) is 7.25. The number of aromatic nitrogens is 2. The van der Waals surface area contributed by atoms with E-state index >= 15 is 0 Å². The number of H-pyrrole nitrogens is 1. The molecule has 0 spiro atoms. The summed E-state index contributed by atoms with van der Waals surface area (Å²) in [5.41, 5.74) is -2.45. The Labute approximate surface area is 167 Å². The lowest BCUT2D eigenvalue weighted by molar-refractivity contribution is -0.0710. The molecule has 11 nitrogen and oxygen atoms in total. The number of aliphatic hydroxyl groups excluding tert-OH is 2. The zero-order valence-electron chi connectivity index (χ0n) is 17.0. The number of hydrogen-bond donors (Lipinski definition) is 5. The van der Waals surface area contributed by atoms with Crippen LogP contribution in [0.3, 0.4) is 0 Å². The molecule has 0 bridgehead atoms. The van der Waals surface area contributed by atoms with Crippen molar-refractivity contribution in [3.05, 3.63) is 32.6 Å². The summed E-state index contributed by atoms with van der Waals surface area (Å²) >= 11 is 0. The number of hydrogen-bond acceptors (Lipinski definition) is 8. The topological polar surface area (TPSA) is 171 Å². The van der Waals surface area contributed by atoms with Crippen molar-refractivity contribution in [1.29, 1.82) is 0 Å². The van der Waals surface area contributed by atoms with Gasteiger partial charge in [-0.1, -0.05) is 6.92 Å². The molecule has 1 aliphatic rings. The number of ether oxygens (including phenoxy) is 1. The van der Waals surface area contributed by atoms with Crippen molar-refractivity contribution < 1.29 is 34.0 Å². The smallest absolute Gasteiger partial charge is 0.359 e. The van der Waals surface area contributed by atoms with Crippen LogP contribution in [0.15, 0.2) is 15.8 Å². The fraction of sp³-hybridized carbons (Fsp3) is 0.765. The lowest BCUT2D eigenvalue weighted by atomic mass is 9.93. The lowest BCUT2D eigenvalue weighted by Gasteiger charge is -2.36. The monoisotopic (exact) mass is 436 g/mol. The Morgan fingerprint density at radius 2 is 1.86 bits per heavy atom. The molecule has 0 amide bonds. The summed E-state index contributed by atoms with van der Waals surface area (Å²) in [6.07, 6.45) is -3.87. The van der Waals surface area contributed by atoms with Gasteiger partial charge in [-0.2, -0.15) is 0 Å². The predicted octanol–water partition coefficient (Wildman–Crippen LogP) is -0.0466. The molecular weight excluding hydrogens is 407 g/mol. The normalized spacial score (nSPS) is 29.4. The highest BCUT2D eigenvalue weighted by Gasteiger charge is 2.50. The number of rotatable bonds is 7. The van der Waals surface area contributed by atoms with Crippen molar-refractivity contribution in [2.45, 2.75) is 82.9 Å². The van der Waals surface area contributed by atoms with Crippen LogP contribution in [0.1, 0.15) is 52.3 Å². The average Bonchev–Trinajstić information content (AvgIpc) is 2.85. The second-order valence-corrected chi connectivity index (χ2v) is 10.5. The van der Waals surface area contributed by atoms with Gasteiger partial charge in [0.15, 0.2) is 11.6 Å². The van der Waals surface area contributed by atoms with E-state index in [2.05, 4.69) is 4.98 Å². The Morgan fingerprint density at radius 1 is 1.28 bits per heavy atom. The predicted molar refractivity (Wildman–Crippen MR) is 103 cm³/mol. The number of aryl methyl sites for hydroxylation is 1. The average molecular weight is 436 g/mol. The Morgan fingerprint density at radius 3 is 2.38 bits per heavy atom. The minimum Gasteiger partial charge on any atom is -0.388 e. The quantitative estimate of drug-likeness (QED) is 0.368. The molecule has 2 rings (SSSR count). The molecule has 6 atom stereocenters. The van der Waals surface area contributed by atoms with E-state index in [4.69, 9.17) is 9.26 Å². The van der Waals surface area contributed by atoms with E-state index < -0.39 is 54.3 Å². The molecule has 1 unspecified atom stereocenters. The minimum atomic E-state index is -4.44. The van der Waals surface area contributed by atoms with Crippen LogP contribution in [0, 0.1) is 6.92 Å². The molecule has 166 valence electrons. The first-order valence-corrected chi connectivity index (χ1v) is 10.8. The molecule has 1 fully saturated rings. The van der Waals surface area contributed by atoms with Crippen LogP contribution in [0.25, 0.3) is 0 Å². The van der Waals surface area contributed by atoms with Crippen LogP contribution < -0.4 is 11.2 Å². The highest BCUT2D eigenvalue weighted by Crippen LogP contribution is 2.57. The summed E-state index contributed by atoms with van der Waals surface area (Å²) in [5.74, 6) is 0. The number of aromatic amines is 1. The molecule has 1 aromatic rings. The standard InChI is InChI=1S/C17H29N2O9P/c1-6-17(5,28-29(25,26)16(3,4)24)7-10-11(20)12(21)14(27-10)19-8-9(2)13(22)18-15(19)23/h8,10-12,14,20-21,24H,6-7H2,1-5H3,(H,25,26)(H,18,22,23)/t10-,11-,12-,14-,17-/m1/s1. The van der Waals surface area contributed by atoms with Crippen LogP contribution in [0.4, 0.5) is 0 Å². The maximum absolute atomic E-state index is 12.4. The van der Waals surface area contributed by atoms with Gasteiger partial charge in [0.2, 0.25) is 0 Å². The van der Waals surface area contributed by atoms with Crippen molar-refractivity contribution >= 4 is 7.60 Å². The van der Waals surface area contributed by atoms with Gasteiger partial charge in [-0.05, 0) is 34.1 Å². The van der Waals surface area contributed by atoms with Gasteiger partial charge in [0.05, 0.1) is 11.7 Å². The van der Waals surface area contributed by atoms with E-state index in [0.29, 0.717) is 0 Å². The van der Waals surface area contributed by atoms with E-state index in [-0.39, 0.29) is 18.4 Å². The first-order valence-electron chi connectivity index (χ1n) is 9.21. The van der Waals surface area contributed by atoms with E-state index in [1.807, 2.05) is 0 Å². The van der Waals surface area contributed by atoms with Crippen LogP contribution in [-0.4, -0.2) is 59.0 Å². The SMILES string of the molecule is CC[C@](C)(C[C@H]1O[C@@H](n2cc(C)c(=O)[nH]c2=O)[C@H](O)[C@@H]1O)OP(=O)(O)C(C)(C)O. The molecule has 0 radical (unpaired) electrons. The zero-order chi connectivity index (χ0) is 22.4. The largest absolute Gasteiger partial charge is 0.388 e. The van der Waals surface area contributed by atoms with E-state index in [1.54, 1.807) is 6.92 Å². The molecule has 12 heteroatoms. The van der Waals surface area contributed by atoms with Gasteiger partial charge in [0.25, 0.3) is 5.56 Å². The third-order valence-electron chi connectivity index (χ3n) is 5.17. The Kier molecular flexibility index (Phi) is 6.66. The minimum absolute atomic E-state index is 0.101. The second-order valence-electron chi connectivity index (χ2n) is 8.14. The fourth-order valence-corrected chi connectivity index (χ4v) is 4.01. The Balaban J connectivity index is 2.28. The maximum Gasteiger partial charge on any atom is 0.359 e. The van der Waals surface area contributed by atoms with Crippen LogP contribution >= 0.6 is 7.60 Å². The molecule has 2 heterocycles. The van der Waals surface area contributed by atoms with Crippen molar-refractivity contribution in [1.82, 2.24) is 9.55 Å². The van der Waals surface area contributed by atoms with Gasteiger partial charge in [-0.15, -0.1) is 0 Å². The summed E-state index contributed by atoms with van der Waals surface area (Å²) in [4.78, 5) is 35.8. The zero-order valence-corrected chi connectivity index (χ0v) is 17.9. The van der Waals surface area contributed by atoms with Gasteiger partial charge >= 0.3 is 13.3 Å². The number of nitrogens with zero attached hydrogens (tertiary/aromatic N) is 1. The second kappa shape index (κ2) is 8.07. The van der Waals surface area contributed by atoms with Crippen LogP contribution in [0.5, 0.6) is 0 Å². The van der Waals surface area contributed by atoms with Gasteiger partial charge in [-0.3, -0.25) is 18.9 Å². The van der Waals surface area contributed by atoms with Crippen molar-refractivity contribution in [3.8, 4) is 0 Å². The highest BCUT2D eigenvalue weighted by molar-refractivity contribution is 7.54. The van der Waals surface area contributed by atoms with Crippen LogP contribution in [0.2, 0.25) is 0 Å². The van der Waals surface area contributed by atoms with Crippen molar-refractivity contribution in [2.24, 2.45) is 0 Å². The van der Waals surface area contributed by atoms with E-state index in [1.165, 1.54) is 20.0 Å². The summed E-state index contributed by atoms with van der Waals surface area (Å²) < 4.78 is 24.4. The number of aliphatic hydroxyl groups is 3. The number of nitrogens with one attached hydrogen (secondary N) is 1. The highest BCUT2D eigenvalue weighted by atomic mass is 31.2. The van der Waals surface area contributed by atoms with Crippen LogP contribution in [-0.2, 0) is 13.8 Å². The fourth-order valence-electron chi connectivity index (χ4n) is 2.98. The molecular formula is C17H29N2O9P.